The van der Waals surface area contributed by atoms with Crippen LogP contribution in [0.4, 0.5) is 0 Å². The summed E-state index contributed by atoms with van der Waals surface area (Å²) in [5.41, 5.74) is 0.687. The van der Waals surface area contributed by atoms with Gasteiger partial charge in [-0.3, -0.25) is 0 Å². The maximum absolute atomic E-state index is 8.35. The molecule has 0 radical (unpaired) electrons. The van der Waals surface area contributed by atoms with E-state index < -0.39 is 0 Å². The number of aromatic nitrogens is 1. The third kappa shape index (κ3) is 2.49. The molecule has 0 saturated carbocycles. The standard InChI is InChI=1S/C7H4BrClN2/c8-7-4-5(9)3-6(11-7)1-2-10/h3-4H,1H2. The van der Waals surface area contributed by atoms with Crippen LogP contribution in [0.3, 0.4) is 0 Å². The summed E-state index contributed by atoms with van der Waals surface area (Å²) in [5.74, 6) is 0. The maximum Gasteiger partial charge on any atom is 0.107 e. The molecule has 0 saturated heterocycles. The summed E-state index contributed by atoms with van der Waals surface area (Å²) in [7, 11) is 0. The summed E-state index contributed by atoms with van der Waals surface area (Å²) < 4.78 is 0.662. The van der Waals surface area contributed by atoms with Crippen LogP contribution in [0.25, 0.3) is 0 Å². The summed E-state index contributed by atoms with van der Waals surface area (Å²) >= 11 is 8.88. The van der Waals surface area contributed by atoms with Crippen molar-refractivity contribution in [3.05, 3.63) is 27.5 Å². The molecule has 0 aliphatic heterocycles. The van der Waals surface area contributed by atoms with Crippen molar-refractivity contribution in [2.75, 3.05) is 0 Å². The lowest BCUT2D eigenvalue weighted by atomic mass is 10.3. The smallest absolute Gasteiger partial charge is 0.107 e. The lowest BCUT2D eigenvalue weighted by Crippen LogP contribution is -1.87. The first kappa shape index (κ1) is 8.51. The molecule has 1 heterocycles. The van der Waals surface area contributed by atoms with Crippen LogP contribution in [0.15, 0.2) is 16.7 Å². The molecule has 56 valence electrons. The van der Waals surface area contributed by atoms with Gasteiger partial charge in [0.2, 0.25) is 0 Å². The minimum absolute atomic E-state index is 0.291. The predicted octanol–water partition coefficient (Wildman–Crippen LogP) is 2.56. The summed E-state index contributed by atoms with van der Waals surface area (Å²) in [6.07, 6.45) is 0.291. The number of hydrogen-bond acceptors (Lipinski definition) is 2. The molecule has 4 heteroatoms. The minimum Gasteiger partial charge on any atom is -0.245 e. The van der Waals surface area contributed by atoms with Crippen LogP contribution < -0.4 is 0 Å². The van der Waals surface area contributed by atoms with E-state index in [0.717, 1.165) is 0 Å². The van der Waals surface area contributed by atoms with Crippen LogP contribution in [0.5, 0.6) is 0 Å². The van der Waals surface area contributed by atoms with Crippen molar-refractivity contribution in [3.63, 3.8) is 0 Å². The minimum atomic E-state index is 0.291. The van der Waals surface area contributed by atoms with Gasteiger partial charge in [-0.2, -0.15) is 5.26 Å². The molecule has 0 amide bonds. The Hall–Kier alpha value is -0.590. The van der Waals surface area contributed by atoms with E-state index in [9.17, 15) is 0 Å². The molecule has 0 bridgehead atoms. The Labute approximate surface area is 77.9 Å². The van der Waals surface area contributed by atoms with Crippen molar-refractivity contribution in [3.8, 4) is 6.07 Å². The SMILES string of the molecule is N#CCc1cc(Cl)cc(Br)n1. The van der Waals surface area contributed by atoms with Gasteiger partial charge in [-0.1, -0.05) is 11.6 Å². The second-order valence-corrected chi connectivity index (χ2v) is 3.18. The monoisotopic (exact) mass is 230 g/mol. The average molecular weight is 231 g/mol. The van der Waals surface area contributed by atoms with Gasteiger partial charge in [0.25, 0.3) is 0 Å². The van der Waals surface area contributed by atoms with Gasteiger partial charge in [0.05, 0.1) is 18.2 Å². The van der Waals surface area contributed by atoms with Gasteiger partial charge in [0.15, 0.2) is 0 Å². The molecule has 0 aromatic carbocycles. The van der Waals surface area contributed by atoms with Gasteiger partial charge in [0.1, 0.15) is 4.60 Å². The van der Waals surface area contributed by atoms with Gasteiger partial charge in [0, 0.05) is 5.02 Å². The van der Waals surface area contributed by atoms with E-state index >= 15 is 0 Å². The highest BCUT2D eigenvalue weighted by Gasteiger charge is 1.97. The maximum atomic E-state index is 8.35. The molecule has 11 heavy (non-hydrogen) atoms. The highest BCUT2D eigenvalue weighted by Crippen LogP contribution is 2.15. The summed E-state index contributed by atoms with van der Waals surface area (Å²) in [6, 6.07) is 5.36. The molecule has 2 nitrogen and oxygen atoms in total. The largest absolute Gasteiger partial charge is 0.245 e. The Morgan fingerprint density at radius 1 is 1.64 bits per heavy atom. The summed E-state index contributed by atoms with van der Waals surface area (Å²) in [5, 5.41) is 8.95. The Bertz CT molecular complexity index is 286. The highest BCUT2D eigenvalue weighted by molar-refractivity contribution is 9.10. The molecule has 0 fully saturated rings. The van der Waals surface area contributed by atoms with Crippen LogP contribution >= 0.6 is 27.5 Å². The van der Waals surface area contributed by atoms with E-state index in [1.807, 2.05) is 6.07 Å². The lowest BCUT2D eigenvalue weighted by molar-refractivity contribution is 1.09. The van der Waals surface area contributed by atoms with Crippen LogP contribution in [-0.2, 0) is 6.42 Å². The Kier molecular flexibility index (Phi) is 2.86. The molecule has 0 N–H and O–H groups in total. The fourth-order valence-corrected chi connectivity index (χ4v) is 1.52. The zero-order chi connectivity index (χ0) is 8.27. The zero-order valence-electron chi connectivity index (χ0n) is 5.51. The lowest BCUT2D eigenvalue weighted by Gasteiger charge is -1.95. The Balaban J connectivity index is 3.01. The second-order valence-electron chi connectivity index (χ2n) is 1.93. The number of nitriles is 1. The van der Waals surface area contributed by atoms with E-state index in [0.29, 0.717) is 21.7 Å². The molecule has 0 unspecified atom stereocenters. The first-order valence-electron chi connectivity index (χ1n) is 2.91. The van der Waals surface area contributed by atoms with Crippen molar-refractivity contribution in [1.82, 2.24) is 4.98 Å². The molecular weight excluding hydrogens is 227 g/mol. The van der Waals surface area contributed by atoms with E-state index in [-0.39, 0.29) is 0 Å². The van der Waals surface area contributed by atoms with Crippen molar-refractivity contribution >= 4 is 27.5 Å². The number of rotatable bonds is 1. The van der Waals surface area contributed by atoms with Crippen molar-refractivity contribution in [1.29, 1.82) is 5.26 Å². The van der Waals surface area contributed by atoms with Gasteiger partial charge in [-0.25, -0.2) is 4.98 Å². The topological polar surface area (TPSA) is 36.7 Å². The van der Waals surface area contributed by atoms with Crippen molar-refractivity contribution in [2.24, 2.45) is 0 Å². The van der Waals surface area contributed by atoms with Gasteiger partial charge >= 0.3 is 0 Å². The fraction of sp³-hybridized carbons (Fsp3) is 0.143. The quantitative estimate of drug-likeness (QED) is 0.697. The van der Waals surface area contributed by atoms with E-state index in [1.165, 1.54) is 0 Å². The molecule has 1 rings (SSSR count). The number of hydrogen-bond donors (Lipinski definition) is 0. The van der Waals surface area contributed by atoms with Gasteiger partial charge < -0.3 is 0 Å². The van der Waals surface area contributed by atoms with Crippen LogP contribution in [-0.4, -0.2) is 4.98 Å². The van der Waals surface area contributed by atoms with Crippen LogP contribution in [0.1, 0.15) is 5.69 Å². The normalized spacial score (nSPS) is 9.18. The summed E-state index contributed by atoms with van der Waals surface area (Å²) in [6.45, 7) is 0. The molecule has 1 aromatic heterocycles. The molecule has 1 aromatic rings. The third-order valence-electron chi connectivity index (χ3n) is 1.07. The number of pyridine rings is 1. The van der Waals surface area contributed by atoms with Crippen LogP contribution in [0.2, 0.25) is 5.02 Å². The molecule has 0 spiro atoms. The van der Waals surface area contributed by atoms with Gasteiger partial charge in [-0.05, 0) is 28.1 Å². The molecule has 0 atom stereocenters. The first-order chi connectivity index (χ1) is 5.22. The third-order valence-corrected chi connectivity index (χ3v) is 1.70. The van der Waals surface area contributed by atoms with E-state index in [4.69, 9.17) is 16.9 Å². The predicted molar refractivity (Wildman–Crippen MR) is 46.3 cm³/mol. The second kappa shape index (κ2) is 3.70. The molecule has 0 aliphatic rings. The van der Waals surface area contributed by atoms with Crippen molar-refractivity contribution < 1.29 is 0 Å². The van der Waals surface area contributed by atoms with E-state index in [2.05, 4.69) is 20.9 Å². The van der Waals surface area contributed by atoms with Gasteiger partial charge in [-0.15, -0.1) is 0 Å². The highest BCUT2D eigenvalue weighted by atomic mass is 79.9. The Morgan fingerprint density at radius 2 is 2.36 bits per heavy atom. The first-order valence-corrected chi connectivity index (χ1v) is 4.08. The van der Waals surface area contributed by atoms with Crippen LogP contribution in [0, 0.1) is 11.3 Å². The van der Waals surface area contributed by atoms with E-state index in [1.54, 1.807) is 12.1 Å². The number of halogens is 2. The summed E-state index contributed by atoms with van der Waals surface area (Å²) in [4.78, 5) is 4.03. The fourth-order valence-electron chi connectivity index (χ4n) is 0.688. The molecular formula is C7H4BrClN2. The average Bonchev–Trinajstić information content (AvgIpc) is 1.85. The Morgan fingerprint density at radius 3 is 2.91 bits per heavy atom. The number of nitrogens with zero attached hydrogens (tertiary/aromatic N) is 2. The molecule has 0 aliphatic carbocycles. The van der Waals surface area contributed by atoms with Crippen molar-refractivity contribution in [2.45, 2.75) is 6.42 Å². The zero-order valence-corrected chi connectivity index (χ0v) is 7.85.